The van der Waals surface area contributed by atoms with Gasteiger partial charge in [0, 0.05) is 6.54 Å². The predicted molar refractivity (Wildman–Crippen MR) is 56.5 cm³/mol. The van der Waals surface area contributed by atoms with Gasteiger partial charge in [0.2, 0.25) is 17.2 Å². The number of hydrogen-bond acceptors (Lipinski definition) is 6. The molecule has 4 N–H and O–H groups in total. The molecule has 1 heterocycles. The summed E-state index contributed by atoms with van der Waals surface area (Å²) in [6, 6.07) is 0. The van der Waals surface area contributed by atoms with E-state index in [1.165, 1.54) is 0 Å². The molecule has 0 unspecified atom stereocenters. The molecule has 15 heavy (non-hydrogen) atoms. The van der Waals surface area contributed by atoms with Crippen molar-refractivity contribution in [2.45, 2.75) is 24.9 Å². The minimum absolute atomic E-state index is 0.0469. The molecule has 1 saturated carbocycles. The molecule has 0 aromatic carbocycles. The number of anilines is 2. The van der Waals surface area contributed by atoms with Crippen LogP contribution < -0.4 is 11.1 Å². The van der Waals surface area contributed by atoms with Crippen LogP contribution in [0.2, 0.25) is 5.28 Å². The Balaban J connectivity index is 1.98. The fraction of sp³-hybridized carbons (Fsp3) is 0.625. The maximum absolute atomic E-state index is 9.81. The first kappa shape index (κ1) is 10.4. The van der Waals surface area contributed by atoms with E-state index in [4.69, 9.17) is 17.3 Å². The summed E-state index contributed by atoms with van der Waals surface area (Å²) in [4.78, 5) is 11.3. The van der Waals surface area contributed by atoms with E-state index in [9.17, 15) is 5.11 Å². The molecule has 0 spiro atoms. The first-order valence-electron chi connectivity index (χ1n) is 4.71. The minimum Gasteiger partial charge on any atom is -0.388 e. The zero-order valence-electron chi connectivity index (χ0n) is 8.07. The summed E-state index contributed by atoms with van der Waals surface area (Å²) < 4.78 is 0. The molecule has 2 rings (SSSR count). The van der Waals surface area contributed by atoms with E-state index >= 15 is 0 Å². The highest BCUT2D eigenvalue weighted by atomic mass is 35.5. The van der Waals surface area contributed by atoms with Crippen molar-refractivity contribution < 1.29 is 5.11 Å². The summed E-state index contributed by atoms with van der Waals surface area (Å²) in [5, 5.41) is 12.8. The molecule has 0 aliphatic heterocycles. The van der Waals surface area contributed by atoms with Crippen molar-refractivity contribution in [3.05, 3.63) is 5.28 Å². The Hall–Kier alpha value is -1.14. The van der Waals surface area contributed by atoms with Crippen LogP contribution in [-0.2, 0) is 0 Å². The van der Waals surface area contributed by atoms with E-state index in [2.05, 4.69) is 20.3 Å². The largest absolute Gasteiger partial charge is 0.388 e. The minimum atomic E-state index is -0.631. The summed E-state index contributed by atoms with van der Waals surface area (Å²) >= 11 is 5.60. The van der Waals surface area contributed by atoms with Gasteiger partial charge in [-0.15, -0.1) is 0 Å². The molecule has 0 radical (unpaired) electrons. The fourth-order valence-electron chi connectivity index (χ4n) is 1.45. The maximum atomic E-state index is 9.81. The molecule has 1 aliphatic carbocycles. The highest BCUT2D eigenvalue weighted by Crippen LogP contribution is 2.31. The van der Waals surface area contributed by atoms with E-state index in [-0.39, 0.29) is 11.2 Å². The van der Waals surface area contributed by atoms with Gasteiger partial charge >= 0.3 is 0 Å². The van der Waals surface area contributed by atoms with Crippen LogP contribution in [0.5, 0.6) is 0 Å². The fourth-order valence-corrected chi connectivity index (χ4v) is 1.62. The number of halogens is 1. The van der Waals surface area contributed by atoms with Gasteiger partial charge in [0.05, 0.1) is 5.60 Å². The molecule has 1 aliphatic rings. The lowest BCUT2D eigenvalue weighted by molar-refractivity contribution is -0.0203. The topological polar surface area (TPSA) is 97.0 Å². The molecule has 0 atom stereocenters. The Bertz CT molecular complexity index is 348. The van der Waals surface area contributed by atoms with Crippen LogP contribution in [0, 0.1) is 0 Å². The third kappa shape index (κ3) is 2.45. The van der Waals surface area contributed by atoms with Gasteiger partial charge in [0.1, 0.15) is 0 Å². The maximum Gasteiger partial charge on any atom is 0.228 e. The molecular formula is C8H12ClN5O. The Morgan fingerprint density at radius 1 is 1.40 bits per heavy atom. The van der Waals surface area contributed by atoms with Gasteiger partial charge in [-0.3, -0.25) is 0 Å². The van der Waals surface area contributed by atoms with Crippen LogP contribution in [0.15, 0.2) is 0 Å². The van der Waals surface area contributed by atoms with E-state index in [0.717, 1.165) is 19.3 Å². The lowest BCUT2D eigenvalue weighted by Gasteiger charge is -2.36. The van der Waals surface area contributed by atoms with Crippen molar-refractivity contribution in [2.75, 3.05) is 17.6 Å². The summed E-state index contributed by atoms with van der Waals surface area (Å²) in [5.74, 6) is 0.367. The van der Waals surface area contributed by atoms with Gasteiger partial charge in [-0.25, -0.2) is 0 Å². The number of nitrogen functional groups attached to an aromatic ring is 1. The van der Waals surface area contributed by atoms with Crippen LogP contribution >= 0.6 is 11.6 Å². The number of aliphatic hydroxyl groups is 1. The molecule has 0 bridgehead atoms. The average molecular weight is 230 g/mol. The van der Waals surface area contributed by atoms with Crippen molar-refractivity contribution >= 4 is 23.5 Å². The van der Waals surface area contributed by atoms with E-state index in [1.54, 1.807) is 0 Å². The molecular weight excluding hydrogens is 218 g/mol. The van der Waals surface area contributed by atoms with Crippen molar-refractivity contribution in [2.24, 2.45) is 0 Å². The summed E-state index contributed by atoms with van der Waals surface area (Å²) in [7, 11) is 0. The number of nitrogens with two attached hydrogens (primary N) is 1. The first-order valence-corrected chi connectivity index (χ1v) is 5.09. The molecule has 0 saturated heterocycles. The summed E-state index contributed by atoms with van der Waals surface area (Å²) in [6.45, 7) is 0.410. The SMILES string of the molecule is Nc1nc(Cl)nc(NCC2(O)CCC2)n1. The third-order valence-electron chi connectivity index (χ3n) is 2.49. The highest BCUT2D eigenvalue weighted by molar-refractivity contribution is 6.28. The molecule has 1 aromatic heterocycles. The second kappa shape index (κ2) is 3.79. The summed E-state index contributed by atoms with van der Waals surface area (Å²) in [5.41, 5.74) is 4.77. The van der Waals surface area contributed by atoms with Gasteiger partial charge in [0.15, 0.2) is 0 Å². The van der Waals surface area contributed by atoms with Crippen molar-refractivity contribution in [1.82, 2.24) is 15.0 Å². The lowest BCUT2D eigenvalue weighted by Crippen LogP contribution is -2.43. The molecule has 1 aromatic rings. The smallest absolute Gasteiger partial charge is 0.228 e. The van der Waals surface area contributed by atoms with Crippen LogP contribution in [0.1, 0.15) is 19.3 Å². The van der Waals surface area contributed by atoms with Crippen LogP contribution in [0.3, 0.4) is 0 Å². The number of nitrogens with one attached hydrogen (secondary N) is 1. The van der Waals surface area contributed by atoms with Crippen molar-refractivity contribution in [3.8, 4) is 0 Å². The number of rotatable bonds is 3. The lowest BCUT2D eigenvalue weighted by atomic mass is 9.80. The summed E-state index contributed by atoms with van der Waals surface area (Å²) in [6.07, 6.45) is 2.65. The molecule has 6 nitrogen and oxygen atoms in total. The van der Waals surface area contributed by atoms with Gasteiger partial charge in [-0.05, 0) is 30.9 Å². The van der Waals surface area contributed by atoms with Crippen LogP contribution in [0.25, 0.3) is 0 Å². The number of hydrogen-bond donors (Lipinski definition) is 3. The molecule has 82 valence electrons. The van der Waals surface area contributed by atoms with Crippen molar-refractivity contribution in [3.63, 3.8) is 0 Å². The Kier molecular flexibility index (Phi) is 2.62. The first-order chi connectivity index (χ1) is 7.07. The van der Waals surface area contributed by atoms with E-state index in [0.29, 0.717) is 12.5 Å². The second-order valence-corrected chi connectivity index (χ2v) is 4.06. The monoisotopic (exact) mass is 229 g/mol. The normalized spacial score (nSPS) is 18.3. The molecule has 7 heteroatoms. The van der Waals surface area contributed by atoms with Crippen LogP contribution in [-0.4, -0.2) is 32.2 Å². The molecule has 0 amide bonds. The number of nitrogens with zero attached hydrogens (tertiary/aromatic N) is 3. The third-order valence-corrected chi connectivity index (χ3v) is 2.65. The zero-order valence-corrected chi connectivity index (χ0v) is 8.83. The zero-order chi connectivity index (χ0) is 10.9. The quantitative estimate of drug-likeness (QED) is 0.696. The van der Waals surface area contributed by atoms with E-state index < -0.39 is 5.60 Å². The standard InChI is InChI=1S/C8H12ClN5O/c9-5-12-6(10)14-7(13-5)11-4-8(15)2-1-3-8/h15H,1-4H2,(H3,10,11,12,13,14). The van der Waals surface area contributed by atoms with Crippen molar-refractivity contribution in [1.29, 1.82) is 0 Å². The highest BCUT2D eigenvalue weighted by Gasteiger charge is 2.34. The predicted octanol–water partition coefficient (Wildman–Crippen LogP) is 0.434. The second-order valence-electron chi connectivity index (χ2n) is 3.72. The average Bonchev–Trinajstić information content (AvgIpc) is 2.10. The Labute approximate surface area is 91.9 Å². The van der Waals surface area contributed by atoms with Gasteiger partial charge < -0.3 is 16.2 Å². The Morgan fingerprint density at radius 3 is 2.67 bits per heavy atom. The van der Waals surface area contributed by atoms with Crippen LogP contribution in [0.4, 0.5) is 11.9 Å². The van der Waals surface area contributed by atoms with Gasteiger partial charge in [0.25, 0.3) is 0 Å². The van der Waals surface area contributed by atoms with Gasteiger partial charge in [-0.2, -0.15) is 15.0 Å². The Morgan fingerprint density at radius 2 is 2.13 bits per heavy atom. The van der Waals surface area contributed by atoms with Gasteiger partial charge in [-0.1, -0.05) is 0 Å². The number of aromatic nitrogens is 3. The van der Waals surface area contributed by atoms with E-state index in [1.807, 2.05) is 0 Å². The molecule has 1 fully saturated rings.